The maximum absolute atomic E-state index is 12.7. The van der Waals surface area contributed by atoms with Crippen LogP contribution < -0.4 is 11.2 Å². The lowest BCUT2D eigenvalue weighted by atomic mass is 9.95. The average Bonchev–Trinajstić information content (AvgIpc) is 3.29. The monoisotopic (exact) mass is 321 g/mol. The van der Waals surface area contributed by atoms with Crippen LogP contribution in [-0.4, -0.2) is 39.0 Å². The van der Waals surface area contributed by atoms with Crippen molar-refractivity contribution >= 4 is 11.8 Å². The standard InChI is InChI=1S/C15H23N5O3/c1-9(16)13(21)18-20(11-5-3-2-4-6-11)15(22)12-17-14(23-19-12)10-7-8-10/h9-11H,2-8,16H2,1H3,(H,18,21). The summed E-state index contributed by atoms with van der Waals surface area (Å²) in [6.45, 7) is 1.58. The number of carbonyl (C=O) groups excluding carboxylic acids is 2. The maximum Gasteiger partial charge on any atom is 0.313 e. The minimum atomic E-state index is -0.693. The zero-order valence-electron chi connectivity index (χ0n) is 13.3. The van der Waals surface area contributed by atoms with E-state index >= 15 is 0 Å². The molecular formula is C15H23N5O3. The van der Waals surface area contributed by atoms with Crippen molar-refractivity contribution in [2.75, 3.05) is 0 Å². The van der Waals surface area contributed by atoms with Gasteiger partial charge in [-0.1, -0.05) is 24.4 Å². The molecule has 8 nitrogen and oxygen atoms in total. The normalized spacial score (nSPS) is 20.1. The van der Waals surface area contributed by atoms with Gasteiger partial charge in [0.2, 0.25) is 5.89 Å². The molecule has 2 saturated carbocycles. The van der Waals surface area contributed by atoms with Crippen molar-refractivity contribution in [1.29, 1.82) is 0 Å². The topological polar surface area (TPSA) is 114 Å². The lowest BCUT2D eigenvalue weighted by Crippen LogP contribution is -2.56. The molecule has 8 heteroatoms. The van der Waals surface area contributed by atoms with Crippen LogP contribution in [0.4, 0.5) is 0 Å². The molecule has 2 aliphatic carbocycles. The molecule has 0 spiro atoms. The van der Waals surface area contributed by atoms with Crippen molar-refractivity contribution < 1.29 is 14.1 Å². The Morgan fingerprint density at radius 3 is 2.57 bits per heavy atom. The third-order valence-electron chi connectivity index (χ3n) is 4.36. The van der Waals surface area contributed by atoms with Gasteiger partial charge in [0.1, 0.15) is 0 Å². The van der Waals surface area contributed by atoms with E-state index in [9.17, 15) is 9.59 Å². The van der Waals surface area contributed by atoms with Gasteiger partial charge < -0.3 is 10.3 Å². The van der Waals surface area contributed by atoms with Crippen LogP contribution in [0.15, 0.2) is 4.52 Å². The fourth-order valence-electron chi connectivity index (χ4n) is 2.79. The van der Waals surface area contributed by atoms with Crippen molar-refractivity contribution in [2.45, 2.75) is 69.9 Å². The largest absolute Gasteiger partial charge is 0.338 e. The summed E-state index contributed by atoms with van der Waals surface area (Å²) in [4.78, 5) is 28.9. The maximum atomic E-state index is 12.7. The molecule has 2 amide bonds. The van der Waals surface area contributed by atoms with E-state index in [1.54, 1.807) is 6.92 Å². The number of hydrogen-bond donors (Lipinski definition) is 2. The molecule has 3 rings (SSSR count). The van der Waals surface area contributed by atoms with E-state index in [-0.39, 0.29) is 17.8 Å². The van der Waals surface area contributed by atoms with Gasteiger partial charge in [-0.05, 0) is 32.6 Å². The van der Waals surface area contributed by atoms with E-state index < -0.39 is 17.9 Å². The zero-order valence-corrected chi connectivity index (χ0v) is 13.3. The van der Waals surface area contributed by atoms with Gasteiger partial charge in [0.25, 0.3) is 11.7 Å². The van der Waals surface area contributed by atoms with Gasteiger partial charge >= 0.3 is 5.91 Å². The first-order chi connectivity index (χ1) is 11.1. The third-order valence-corrected chi connectivity index (χ3v) is 4.36. The Bertz CT molecular complexity index is 575. The van der Waals surface area contributed by atoms with E-state index in [1.807, 2.05) is 0 Å². The lowest BCUT2D eigenvalue weighted by molar-refractivity contribution is -0.127. The number of aromatic nitrogens is 2. The van der Waals surface area contributed by atoms with Crippen molar-refractivity contribution in [2.24, 2.45) is 5.73 Å². The van der Waals surface area contributed by atoms with Gasteiger partial charge in [0, 0.05) is 5.92 Å². The fraction of sp³-hybridized carbons (Fsp3) is 0.733. The molecule has 1 unspecified atom stereocenters. The van der Waals surface area contributed by atoms with E-state index in [1.165, 1.54) is 5.01 Å². The van der Waals surface area contributed by atoms with Gasteiger partial charge in [0.15, 0.2) is 0 Å². The Hall–Kier alpha value is -1.96. The second-order valence-corrected chi connectivity index (χ2v) is 6.46. The van der Waals surface area contributed by atoms with Gasteiger partial charge in [-0.25, -0.2) is 5.01 Å². The molecule has 23 heavy (non-hydrogen) atoms. The van der Waals surface area contributed by atoms with Gasteiger partial charge in [-0.2, -0.15) is 4.98 Å². The van der Waals surface area contributed by atoms with Gasteiger partial charge in [0.05, 0.1) is 12.1 Å². The molecule has 0 aliphatic heterocycles. The van der Waals surface area contributed by atoms with Gasteiger partial charge in [-0.15, -0.1) is 0 Å². The predicted octanol–water partition coefficient (Wildman–Crippen LogP) is 1.10. The number of amides is 2. The highest BCUT2D eigenvalue weighted by Crippen LogP contribution is 2.38. The highest BCUT2D eigenvalue weighted by Gasteiger charge is 2.34. The first-order valence-corrected chi connectivity index (χ1v) is 8.29. The smallest absolute Gasteiger partial charge is 0.313 e. The molecule has 2 aliphatic rings. The minimum Gasteiger partial charge on any atom is -0.338 e. The minimum absolute atomic E-state index is 0.00227. The number of nitrogens with zero attached hydrogens (tertiary/aromatic N) is 3. The molecule has 3 N–H and O–H groups in total. The molecule has 1 heterocycles. The predicted molar refractivity (Wildman–Crippen MR) is 81.1 cm³/mol. The summed E-state index contributed by atoms with van der Waals surface area (Å²) in [7, 11) is 0. The highest BCUT2D eigenvalue weighted by molar-refractivity contribution is 5.93. The second-order valence-electron chi connectivity index (χ2n) is 6.46. The summed E-state index contributed by atoms with van der Waals surface area (Å²) < 4.78 is 5.15. The molecule has 1 aromatic heterocycles. The highest BCUT2D eigenvalue weighted by atomic mass is 16.5. The van der Waals surface area contributed by atoms with Crippen LogP contribution in [-0.2, 0) is 4.79 Å². The van der Waals surface area contributed by atoms with Crippen LogP contribution in [0.1, 0.15) is 74.3 Å². The van der Waals surface area contributed by atoms with Crippen LogP contribution in [0.5, 0.6) is 0 Å². The number of hydrazine groups is 1. The van der Waals surface area contributed by atoms with E-state index in [4.69, 9.17) is 10.3 Å². The molecule has 0 saturated heterocycles. The number of hydrogen-bond acceptors (Lipinski definition) is 6. The SMILES string of the molecule is CC(N)C(=O)NN(C(=O)c1noc(C2CC2)n1)C1CCCCC1. The molecule has 0 bridgehead atoms. The molecular weight excluding hydrogens is 298 g/mol. The first kappa shape index (κ1) is 15.9. The Balaban J connectivity index is 1.76. The third kappa shape index (κ3) is 3.69. The zero-order chi connectivity index (χ0) is 16.4. The summed E-state index contributed by atoms with van der Waals surface area (Å²) >= 11 is 0. The Labute approximate surface area is 134 Å². The van der Waals surface area contributed by atoms with Crippen LogP contribution in [0.3, 0.4) is 0 Å². The van der Waals surface area contributed by atoms with Crippen LogP contribution >= 0.6 is 0 Å². The summed E-state index contributed by atoms with van der Waals surface area (Å²) in [6, 6.07) is -0.747. The van der Waals surface area contributed by atoms with Crippen molar-refractivity contribution in [3.63, 3.8) is 0 Å². The number of nitrogens with one attached hydrogen (secondary N) is 1. The van der Waals surface area contributed by atoms with Crippen molar-refractivity contribution in [3.8, 4) is 0 Å². The van der Waals surface area contributed by atoms with Gasteiger partial charge in [-0.3, -0.25) is 15.0 Å². The summed E-state index contributed by atoms with van der Waals surface area (Å²) in [6.07, 6.45) is 6.93. The second kappa shape index (κ2) is 6.66. The molecule has 2 fully saturated rings. The van der Waals surface area contributed by atoms with Crippen LogP contribution in [0.25, 0.3) is 0 Å². The molecule has 1 atom stereocenters. The Kier molecular flexibility index (Phi) is 4.61. The number of nitrogens with two attached hydrogens (primary N) is 1. The van der Waals surface area contributed by atoms with E-state index in [0.717, 1.165) is 44.9 Å². The summed E-state index contributed by atoms with van der Waals surface area (Å²) in [5, 5.41) is 5.14. The van der Waals surface area contributed by atoms with E-state index in [2.05, 4.69) is 15.6 Å². The molecule has 1 aromatic rings. The first-order valence-electron chi connectivity index (χ1n) is 8.29. The molecule has 126 valence electrons. The summed E-state index contributed by atoms with van der Waals surface area (Å²) in [5.41, 5.74) is 8.24. The summed E-state index contributed by atoms with van der Waals surface area (Å²) in [5.74, 6) is -0.0277. The Morgan fingerprint density at radius 1 is 1.26 bits per heavy atom. The Morgan fingerprint density at radius 2 is 1.96 bits per heavy atom. The molecule has 0 aromatic carbocycles. The number of carbonyl (C=O) groups is 2. The van der Waals surface area contributed by atoms with E-state index in [0.29, 0.717) is 5.89 Å². The lowest BCUT2D eigenvalue weighted by Gasteiger charge is -2.33. The van der Waals surface area contributed by atoms with Crippen LogP contribution in [0, 0.1) is 0 Å². The average molecular weight is 321 g/mol. The number of rotatable bonds is 4. The molecule has 0 radical (unpaired) electrons. The van der Waals surface area contributed by atoms with Crippen molar-refractivity contribution in [3.05, 3.63) is 11.7 Å². The van der Waals surface area contributed by atoms with Crippen molar-refractivity contribution in [1.82, 2.24) is 20.6 Å². The fourth-order valence-corrected chi connectivity index (χ4v) is 2.79. The quantitative estimate of drug-likeness (QED) is 0.803. The van der Waals surface area contributed by atoms with Crippen LogP contribution in [0.2, 0.25) is 0 Å².